The normalized spacial score (nSPS) is 24.2. The van der Waals surface area contributed by atoms with E-state index in [4.69, 9.17) is 0 Å². The highest BCUT2D eigenvalue weighted by Gasteiger charge is 2.29. The lowest BCUT2D eigenvalue weighted by atomic mass is 10.2. The standard InChI is InChI=1S/C5H6N2O3/c8-2-6-3-1-4(9)7-5(3)10/h2-3H,1H2,(H,6,8)(H,7,9,10)/t3-/m0/s1. The topological polar surface area (TPSA) is 75.3 Å². The third-order valence-corrected chi connectivity index (χ3v) is 1.24. The molecule has 0 unspecified atom stereocenters. The zero-order chi connectivity index (χ0) is 7.56. The number of carbonyl (C=O) groups excluding carboxylic acids is 3. The van der Waals surface area contributed by atoms with E-state index in [9.17, 15) is 14.4 Å². The summed E-state index contributed by atoms with van der Waals surface area (Å²) in [7, 11) is 0. The Morgan fingerprint density at radius 3 is 2.70 bits per heavy atom. The van der Waals surface area contributed by atoms with E-state index < -0.39 is 11.9 Å². The molecule has 0 bridgehead atoms. The maximum Gasteiger partial charge on any atom is 0.249 e. The highest BCUT2D eigenvalue weighted by atomic mass is 16.2. The summed E-state index contributed by atoms with van der Waals surface area (Å²) in [5.41, 5.74) is 0. The van der Waals surface area contributed by atoms with Gasteiger partial charge >= 0.3 is 0 Å². The Bertz CT molecular complexity index is 189. The minimum absolute atomic E-state index is 0.0531. The minimum Gasteiger partial charge on any atom is -0.346 e. The SMILES string of the molecule is O=CN[C@H]1CC(=O)NC1=O. The van der Waals surface area contributed by atoms with Crippen LogP contribution < -0.4 is 10.6 Å². The molecule has 0 aliphatic carbocycles. The molecule has 1 fully saturated rings. The predicted octanol–water partition coefficient (Wildman–Crippen LogP) is -1.85. The zero-order valence-corrected chi connectivity index (χ0v) is 5.09. The van der Waals surface area contributed by atoms with E-state index in [1.165, 1.54) is 0 Å². The van der Waals surface area contributed by atoms with E-state index in [1.54, 1.807) is 0 Å². The van der Waals surface area contributed by atoms with Gasteiger partial charge in [0.25, 0.3) is 0 Å². The minimum atomic E-state index is -0.662. The van der Waals surface area contributed by atoms with Gasteiger partial charge in [-0.1, -0.05) is 0 Å². The summed E-state index contributed by atoms with van der Waals surface area (Å²) in [6.07, 6.45) is 0.459. The summed E-state index contributed by atoms with van der Waals surface area (Å²) in [5.74, 6) is -0.776. The molecule has 1 rings (SSSR count). The van der Waals surface area contributed by atoms with Crippen molar-refractivity contribution in [3.05, 3.63) is 0 Å². The zero-order valence-electron chi connectivity index (χ0n) is 5.09. The van der Waals surface area contributed by atoms with Crippen molar-refractivity contribution in [2.24, 2.45) is 0 Å². The monoisotopic (exact) mass is 142 g/mol. The van der Waals surface area contributed by atoms with Gasteiger partial charge in [-0.2, -0.15) is 0 Å². The molecule has 0 saturated carbocycles. The van der Waals surface area contributed by atoms with Gasteiger partial charge in [0.1, 0.15) is 6.04 Å². The highest BCUT2D eigenvalue weighted by Crippen LogP contribution is 1.98. The van der Waals surface area contributed by atoms with Crippen LogP contribution in [-0.2, 0) is 14.4 Å². The lowest BCUT2D eigenvalue weighted by Gasteiger charge is -1.99. The second-order valence-corrected chi connectivity index (χ2v) is 1.95. The van der Waals surface area contributed by atoms with Crippen LogP contribution in [0, 0.1) is 0 Å². The van der Waals surface area contributed by atoms with E-state index in [0.29, 0.717) is 6.41 Å². The lowest BCUT2D eigenvalue weighted by molar-refractivity contribution is -0.126. The Morgan fingerprint density at radius 2 is 2.30 bits per heavy atom. The summed E-state index contributed by atoms with van der Waals surface area (Å²) in [6.45, 7) is 0. The molecule has 0 aromatic heterocycles. The first-order valence-electron chi connectivity index (χ1n) is 2.77. The molecule has 0 radical (unpaired) electrons. The maximum absolute atomic E-state index is 10.6. The molecular formula is C5H6N2O3. The largest absolute Gasteiger partial charge is 0.346 e. The fourth-order valence-corrected chi connectivity index (χ4v) is 0.770. The fourth-order valence-electron chi connectivity index (χ4n) is 0.770. The van der Waals surface area contributed by atoms with E-state index in [-0.39, 0.29) is 12.3 Å². The van der Waals surface area contributed by atoms with E-state index in [0.717, 1.165) is 0 Å². The van der Waals surface area contributed by atoms with Gasteiger partial charge in [0, 0.05) is 0 Å². The first kappa shape index (κ1) is 6.73. The molecule has 1 heterocycles. The smallest absolute Gasteiger partial charge is 0.249 e. The molecule has 1 saturated heterocycles. The first-order chi connectivity index (χ1) is 4.74. The Kier molecular flexibility index (Phi) is 1.66. The average Bonchev–Trinajstić information content (AvgIpc) is 2.13. The molecule has 10 heavy (non-hydrogen) atoms. The number of nitrogens with one attached hydrogen (secondary N) is 2. The van der Waals surface area contributed by atoms with Crippen molar-refractivity contribution in [1.82, 2.24) is 10.6 Å². The number of amides is 3. The van der Waals surface area contributed by atoms with Gasteiger partial charge in [-0.15, -0.1) is 0 Å². The van der Waals surface area contributed by atoms with Crippen molar-refractivity contribution < 1.29 is 14.4 Å². The molecular weight excluding hydrogens is 136 g/mol. The van der Waals surface area contributed by atoms with E-state index >= 15 is 0 Å². The van der Waals surface area contributed by atoms with Crippen LogP contribution in [0.3, 0.4) is 0 Å². The molecule has 1 atom stereocenters. The van der Waals surface area contributed by atoms with Crippen molar-refractivity contribution in [1.29, 1.82) is 0 Å². The quantitative estimate of drug-likeness (QED) is 0.351. The molecule has 1 aliphatic rings. The summed E-state index contributed by atoms with van der Waals surface area (Å²) in [6, 6.07) is -0.662. The van der Waals surface area contributed by atoms with Crippen molar-refractivity contribution in [2.75, 3.05) is 0 Å². The molecule has 0 aromatic rings. The lowest BCUT2D eigenvalue weighted by Crippen LogP contribution is -2.35. The predicted molar refractivity (Wildman–Crippen MR) is 30.8 cm³/mol. The number of hydrogen-bond donors (Lipinski definition) is 2. The van der Waals surface area contributed by atoms with Crippen molar-refractivity contribution in [3.63, 3.8) is 0 Å². The number of carbonyl (C=O) groups is 3. The number of imide groups is 1. The third kappa shape index (κ3) is 1.12. The molecule has 0 aromatic carbocycles. The van der Waals surface area contributed by atoms with Gasteiger partial charge < -0.3 is 5.32 Å². The van der Waals surface area contributed by atoms with Gasteiger partial charge in [-0.3, -0.25) is 19.7 Å². The van der Waals surface area contributed by atoms with Crippen LogP contribution >= 0.6 is 0 Å². The summed E-state index contributed by atoms with van der Waals surface area (Å²) in [4.78, 5) is 30.9. The van der Waals surface area contributed by atoms with Gasteiger partial charge in [0.05, 0.1) is 6.42 Å². The van der Waals surface area contributed by atoms with E-state index in [1.807, 2.05) is 0 Å². The van der Waals surface area contributed by atoms with Gasteiger partial charge in [0.15, 0.2) is 0 Å². The molecule has 0 spiro atoms. The van der Waals surface area contributed by atoms with Crippen molar-refractivity contribution >= 4 is 18.2 Å². The van der Waals surface area contributed by atoms with Crippen molar-refractivity contribution in [3.8, 4) is 0 Å². The molecule has 3 amide bonds. The molecule has 1 aliphatic heterocycles. The van der Waals surface area contributed by atoms with Crippen LogP contribution in [0.4, 0.5) is 0 Å². The van der Waals surface area contributed by atoms with Crippen LogP contribution in [-0.4, -0.2) is 24.3 Å². The average molecular weight is 142 g/mol. The van der Waals surface area contributed by atoms with Crippen LogP contribution in [0.5, 0.6) is 0 Å². The van der Waals surface area contributed by atoms with Gasteiger partial charge in [0.2, 0.25) is 18.2 Å². The summed E-state index contributed by atoms with van der Waals surface area (Å²) in [5, 5.41) is 4.26. The second kappa shape index (κ2) is 2.47. The van der Waals surface area contributed by atoms with E-state index in [2.05, 4.69) is 10.6 Å². The highest BCUT2D eigenvalue weighted by molar-refractivity contribution is 6.06. The molecule has 5 nitrogen and oxygen atoms in total. The number of rotatable bonds is 2. The van der Waals surface area contributed by atoms with Crippen LogP contribution in [0.15, 0.2) is 0 Å². The maximum atomic E-state index is 10.6. The molecule has 2 N–H and O–H groups in total. The van der Waals surface area contributed by atoms with Crippen LogP contribution in [0.25, 0.3) is 0 Å². The second-order valence-electron chi connectivity index (χ2n) is 1.95. The fraction of sp³-hybridized carbons (Fsp3) is 0.400. The van der Waals surface area contributed by atoms with Gasteiger partial charge in [-0.05, 0) is 0 Å². The first-order valence-corrected chi connectivity index (χ1v) is 2.77. The van der Waals surface area contributed by atoms with Crippen LogP contribution in [0.1, 0.15) is 6.42 Å². The Hall–Kier alpha value is -1.39. The summed E-state index contributed by atoms with van der Waals surface area (Å²) >= 11 is 0. The Morgan fingerprint density at radius 1 is 1.60 bits per heavy atom. The van der Waals surface area contributed by atoms with Crippen molar-refractivity contribution in [2.45, 2.75) is 12.5 Å². The molecule has 54 valence electrons. The number of hydrogen-bond acceptors (Lipinski definition) is 3. The van der Waals surface area contributed by atoms with Crippen LogP contribution in [0.2, 0.25) is 0 Å². The van der Waals surface area contributed by atoms with Gasteiger partial charge in [-0.25, -0.2) is 0 Å². The third-order valence-electron chi connectivity index (χ3n) is 1.24. The Balaban J connectivity index is 2.54. The summed E-state index contributed by atoms with van der Waals surface area (Å²) < 4.78 is 0. The molecule has 5 heteroatoms. The Labute approximate surface area is 56.8 Å².